The molecule has 4 rings (SSSR count). The van der Waals surface area contributed by atoms with Crippen LogP contribution in [0.5, 0.6) is 11.5 Å². The highest BCUT2D eigenvalue weighted by Crippen LogP contribution is 2.26. The normalized spacial score (nSPS) is 14.2. The monoisotopic (exact) mass is 522 g/mol. The van der Waals surface area contributed by atoms with Crippen molar-refractivity contribution >= 4 is 21.8 Å². The Bertz CT molecular complexity index is 1160. The van der Waals surface area contributed by atoms with E-state index in [1.54, 1.807) is 7.11 Å². The third-order valence-electron chi connectivity index (χ3n) is 6.27. The second kappa shape index (κ2) is 11.1. The van der Waals surface area contributed by atoms with Gasteiger partial charge >= 0.3 is 0 Å². The van der Waals surface area contributed by atoms with Gasteiger partial charge < -0.3 is 14.4 Å². The van der Waals surface area contributed by atoms with Gasteiger partial charge in [-0.25, -0.2) is 0 Å². The van der Waals surface area contributed by atoms with E-state index in [4.69, 9.17) is 9.47 Å². The number of aryl methyl sites for hydroxylation is 2. The quantitative estimate of drug-likeness (QED) is 0.404. The molecule has 178 valence electrons. The molecular formula is C28H31BrN2O3. The van der Waals surface area contributed by atoms with Gasteiger partial charge in [0.15, 0.2) is 0 Å². The lowest BCUT2D eigenvalue weighted by atomic mass is 10.1. The smallest absolute Gasteiger partial charge is 0.253 e. The maximum absolute atomic E-state index is 13.3. The molecule has 0 aromatic heterocycles. The molecule has 1 aliphatic heterocycles. The zero-order valence-corrected chi connectivity index (χ0v) is 21.6. The van der Waals surface area contributed by atoms with Gasteiger partial charge in [-0.1, -0.05) is 46.3 Å². The molecule has 1 aliphatic rings. The fraction of sp³-hybridized carbons (Fsp3) is 0.321. The molecule has 0 spiro atoms. The summed E-state index contributed by atoms with van der Waals surface area (Å²) in [5.74, 6) is 1.62. The average Bonchev–Trinajstić information content (AvgIpc) is 2.86. The Hall–Kier alpha value is -2.83. The summed E-state index contributed by atoms with van der Waals surface area (Å²) >= 11 is 3.63. The van der Waals surface area contributed by atoms with Gasteiger partial charge in [0.05, 0.1) is 7.11 Å². The molecule has 1 heterocycles. The standard InChI is InChI=1S/C28H31BrN2O3/c1-20-8-9-21(2)27(16-20)34-19-24-17-22(10-11-26(24)33-3)28(32)31-14-12-30(13-15-31)18-23-6-4-5-7-25(23)29/h4-11,16-17H,12-15,18-19H2,1-3H3. The molecule has 0 aliphatic carbocycles. The van der Waals surface area contributed by atoms with Crippen molar-refractivity contribution in [1.29, 1.82) is 0 Å². The van der Waals surface area contributed by atoms with E-state index in [0.29, 0.717) is 25.3 Å². The topological polar surface area (TPSA) is 42.0 Å². The first-order chi connectivity index (χ1) is 16.4. The van der Waals surface area contributed by atoms with Crippen molar-refractivity contribution in [2.24, 2.45) is 0 Å². The zero-order chi connectivity index (χ0) is 24.1. The Balaban J connectivity index is 1.40. The third-order valence-corrected chi connectivity index (χ3v) is 7.04. The first kappa shape index (κ1) is 24.3. The zero-order valence-electron chi connectivity index (χ0n) is 20.0. The van der Waals surface area contributed by atoms with Crippen LogP contribution in [0, 0.1) is 13.8 Å². The van der Waals surface area contributed by atoms with Crippen LogP contribution in [0.1, 0.15) is 32.6 Å². The third kappa shape index (κ3) is 5.80. The fourth-order valence-corrected chi connectivity index (χ4v) is 4.61. The van der Waals surface area contributed by atoms with Crippen molar-refractivity contribution in [2.75, 3.05) is 33.3 Å². The van der Waals surface area contributed by atoms with Crippen LogP contribution < -0.4 is 9.47 Å². The Morgan fingerprint density at radius 2 is 1.68 bits per heavy atom. The van der Waals surface area contributed by atoms with E-state index in [1.165, 1.54) is 5.56 Å². The summed E-state index contributed by atoms with van der Waals surface area (Å²) in [5, 5.41) is 0. The number of piperazine rings is 1. The number of methoxy groups -OCH3 is 1. The van der Waals surface area contributed by atoms with E-state index in [-0.39, 0.29) is 5.91 Å². The van der Waals surface area contributed by atoms with Crippen molar-refractivity contribution in [3.8, 4) is 11.5 Å². The van der Waals surface area contributed by atoms with Crippen molar-refractivity contribution in [3.05, 3.63) is 93.0 Å². The van der Waals surface area contributed by atoms with Gasteiger partial charge in [-0.15, -0.1) is 0 Å². The number of ether oxygens (including phenoxy) is 2. The van der Waals surface area contributed by atoms with Crippen LogP contribution >= 0.6 is 15.9 Å². The molecule has 0 unspecified atom stereocenters. The van der Waals surface area contributed by atoms with Gasteiger partial charge in [-0.2, -0.15) is 0 Å². The summed E-state index contributed by atoms with van der Waals surface area (Å²) in [6.07, 6.45) is 0. The molecule has 1 amide bonds. The molecule has 5 nitrogen and oxygen atoms in total. The molecule has 0 N–H and O–H groups in total. The molecule has 0 atom stereocenters. The number of benzene rings is 3. The Kier molecular flexibility index (Phi) is 7.91. The van der Waals surface area contributed by atoms with E-state index in [0.717, 1.165) is 52.3 Å². The predicted molar refractivity (Wildman–Crippen MR) is 139 cm³/mol. The minimum Gasteiger partial charge on any atom is -0.496 e. The fourth-order valence-electron chi connectivity index (χ4n) is 4.20. The van der Waals surface area contributed by atoms with Crippen LogP contribution in [0.15, 0.2) is 65.1 Å². The molecule has 0 bridgehead atoms. The largest absolute Gasteiger partial charge is 0.496 e. The van der Waals surface area contributed by atoms with E-state index in [2.05, 4.69) is 51.2 Å². The van der Waals surface area contributed by atoms with E-state index >= 15 is 0 Å². The number of carbonyl (C=O) groups excluding carboxylic acids is 1. The molecule has 3 aromatic carbocycles. The summed E-state index contributed by atoms with van der Waals surface area (Å²) in [5.41, 5.74) is 5.03. The maximum atomic E-state index is 13.3. The van der Waals surface area contributed by atoms with Crippen LogP contribution in [0.25, 0.3) is 0 Å². The van der Waals surface area contributed by atoms with Gasteiger partial charge in [-0.05, 0) is 60.9 Å². The van der Waals surface area contributed by atoms with Crippen LogP contribution in [0.3, 0.4) is 0 Å². The van der Waals surface area contributed by atoms with Crippen LogP contribution in [0.4, 0.5) is 0 Å². The minimum atomic E-state index is 0.0520. The van der Waals surface area contributed by atoms with Crippen LogP contribution in [-0.2, 0) is 13.2 Å². The van der Waals surface area contributed by atoms with Gasteiger partial charge in [0, 0.05) is 48.3 Å². The number of amides is 1. The van der Waals surface area contributed by atoms with Gasteiger partial charge in [0.1, 0.15) is 18.1 Å². The van der Waals surface area contributed by atoms with Crippen molar-refractivity contribution in [3.63, 3.8) is 0 Å². The number of halogens is 1. The number of hydrogen-bond donors (Lipinski definition) is 0. The summed E-state index contributed by atoms with van der Waals surface area (Å²) in [6, 6.07) is 20.1. The number of rotatable bonds is 7. The molecule has 0 radical (unpaired) electrons. The summed E-state index contributed by atoms with van der Waals surface area (Å²) in [7, 11) is 1.64. The van der Waals surface area contributed by atoms with Gasteiger partial charge in [0.2, 0.25) is 0 Å². The van der Waals surface area contributed by atoms with Gasteiger partial charge in [0.25, 0.3) is 5.91 Å². The number of hydrogen-bond acceptors (Lipinski definition) is 4. The Morgan fingerprint density at radius 3 is 2.41 bits per heavy atom. The highest BCUT2D eigenvalue weighted by atomic mass is 79.9. The molecule has 6 heteroatoms. The van der Waals surface area contributed by atoms with Crippen LogP contribution in [0.2, 0.25) is 0 Å². The first-order valence-corrected chi connectivity index (χ1v) is 12.4. The maximum Gasteiger partial charge on any atom is 0.253 e. The highest BCUT2D eigenvalue weighted by Gasteiger charge is 2.23. The van der Waals surface area contributed by atoms with Gasteiger partial charge in [-0.3, -0.25) is 9.69 Å². The van der Waals surface area contributed by atoms with E-state index in [9.17, 15) is 4.79 Å². The van der Waals surface area contributed by atoms with Crippen molar-refractivity contribution < 1.29 is 14.3 Å². The second-order valence-electron chi connectivity index (χ2n) is 8.74. The Morgan fingerprint density at radius 1 is 0.912 bits per heavy atom. The summed E-state index contributed by atoms with van der Waals surface area (Å²) in [6.45, 7) is 8.43. The molecule has 1 fully saturated rings. The highest BCUT2D eigenvalue weighted by molar-refractivity contribution is 9.10. The Labute approximate surface area is 210 Å². The number of nitrogens with zero attached hydrogens (tertiary/aromatic N) is 2. The second-order valence-corrected chi connectivity index (χ2v) is 9.60. The molecule has 1 saturated heterocycles. The predicted octanol–water partition coefficient (Wildman–Crippen LogP) is 5.61. The average molecular weight is 523 g/mol. The molecule has 0 saturated carbocycles. The molecule has 3 aromatic rings. The lowest BCUT2D eigenvalue weighted by Crippen LogP contribution is -2.48. The lowest BCUT2D eigenvalue weighted by molar-refractivity contribution is 0.0628. The SMILES string of the molecule is COc1ccc(C(=O)N2CCN(Cc3ccccc3Br)CC2)cc1COc1cc(C)ccc1C. The van der Waals surface area contributed by atoms with E-state index < -0.39 is 0 Å². The number of carbonyl (C=O) groups is 1. The summed E-state index contributed by atoms with van der Waals surface area (Å²) in [4.78, 5) is 17.6. The molecule has 34 heavy (non-hydrogen) atoms. The lowest BCUT2D eigenvalue weighted by Gasteiger charge is -2.35. The summed E-state index contributed by atoms with van der Waals surface area (Å²) < 4.78 is 12.8. The van der Waals surface area contributed by atoms with Crippen LogP contribution in [-0.4, -0.2) is 49.0 Å². The van der Waals surface area contributed by atoms with E-state index in [1.807, 2.05) is 49.1 Å². The minimum absolute atomic E-state index is 0.0520. The molecular weight excluding hydrogens is 492 g/mol. The van der Waals surface area contributed by atoms with Crippen molar-refractivity contribution in [1.82, 2.24) is 9.80 Å². The first-order valence-electron chi connectivity index (χ1n) is 11.6. The van der Waals surface area contributed by atoms with Crippen molar-refractivity contribution in [2.45, 2.75) is 27.0 Å².